The molecule has 4 rings (SSSR count). The van der Waals surface area contributed by atoms with Crippen molar-refractivity contribution in [3.8, 4) is 0 Å². The Balaban J connectivity index is 1.63. The second-order valence-electron chi connectivity index (χ2n) is 6.63. The van der Waals surface area contributed by atoms with E-state index >= 15 is 0 Å². The molecule has 25 heavy (non-hydrogen) atoms. The minimum Gasteiger partial charge on any atom is -0.334 e. The summed E-state index contributed by atoms with van der Waals surface area (Å²) in [4.78, 5) is 30.0. The van der Waals surface area contributed by atoms with E-state index < -0.39 is 0 Å². The summed E-state index contributed by atoms with van der Waals surface area (Å²) >= 11 is 0. The quantitative estimate of drug-likeness (QED) is 0.798. The number of hydrogen-bond acceptors (Lipinski definition) is 3. The fourth-order valence-electron chi connectivity index (χ4n) is 3.54. The number of fused-ring (bicyclic) bond motifs is 1. The van der Waals surface area contributed by atoms with E-state index in [0.29, 0.717) is 13.1 Å². The normalized spacial score (nSPS) is 17.3. The third-order valence-electron chi connectivity index (χ3n) is 4.78. The first-order valence-corrected chi connectivity index (χ1v) is 8.54. The van der Waals surface area contributed by atoms with E-state index in [9.17, 15) is 9.59 Å². The van der Waals surface area contributed by atoms with Crippen LogP contribution in [0.4, 0.5) is 0 Å². The average molecular weight is 336 g/mol. The summed E-state index contributed by atoms with van der Waals surface area (Å²) < 4.78 is 1.87. The molecular weight excluding hydrogens is 316 g/mol. The van der Waals surface area contributed by atoms with Gasteiger partial charge in [0.05, 0.1) is 18.8 Å². The monoisotopic (exact) mass is 336 g/mol. The maximum atomic E-state index is 13.0. The molecule has 1 aliphatic heterocycles. The first kappa shape index (κ1) is 15.6. The number of amides is 1. The summed E-state index contributed by atoms with van der Waals surface area (Å²) in [6.07, 6.45) is 5.66. The summed E-state index contributed by atoms with van der Waals surface area (Å²) in [5, 5.41) is 5.18. The van der Waals surface area contributed by atoms with Crippen LogP contribution in [0, 0.1) is 6.92 Å². The van der Waals surface area contributed by atoms with E-state index in [1.165, 1.54) is 0 Å². The number of carbonyl (C=O) groups excluding carboxylic acids is 1. The Hall–Kier alpha value is -2.89. The van der Waals surface area contributed by atoms with Gasteiger partial charge in [-0.15, -0.1) is 0 Å². The molecule has 0 spiro atoms. The molecule has 0 saturated carbocycles. The number of pyridine rings is 1. The van der Waals surface area contributed by atoms with Crippen LogP contribution in [-0.2, 0) is 6.54 Å². The van der Waals surface area contributed by atoms with Gasteiger partial charge in [0.2, 0.25) is 0 Å². The summed E-state index contributed by atoms with van der Waals surface area (Å²) in [5.41, 5.74) is 1.72. The van der Waals surface area contributed by atoms with Gasteiger partial charge >= 0.3 is 0 Å². The molecule has 6 heteroatoms. The predicted molar refractivity (Wildman–Crippen MR) is 95.6 cm³/mol. The Kier molecular flexibility index (Phi) is 3.87. The van der Waals surface area contributed by atoms with Crippen molar-refractivity contribution >= 4 is 16.8 Å². The fourth-order valence-corrected chi connectivity index (χ4v) is 3.54. The second-order valence-corrected chi connectivity index (χ2v) is 6.63. The lowest BCUT2D eigenvalue weighted by Gasteiger charge is -2.24. The standard InChI is InChI=1S/C19H20N4O2/c1-13-10-20-22(11-13)12-15-6-4-8-23(15)19(25)16-9-14-5-2-3-7-17(14)21-18(16)24/h2-3,5,7,9-11,15H,4,6,8,12H2,1H3,(H,21,24). The lowest BCUT2D eigenvalue weighted by molar-refractivity contribution is 0.0720. The van der Waals surface area contributed by atoms with E-state index in [4.69, 9.17) is 0 Å². The molecule has 128 valence electrons. The van der Waals surface area contributed by atoms with Crippen molar-refractivity contribution in [1.29, 1.82) is 0 Å². The fraction of sp³-hybridized carbons (Fsp3) is 0.316. The average Bonchev–Trinajstić information content (AvgIpc) is 3.23. The molecule has 1 amide bonds. The molecule has 1 saturated heterocycles. The number of H-pyrrole nitrogens is 1. The van der Waals surface area contributed by atoms with Gasteiger partial charge in [-0.05, 0) is 42.8 Å². The smallest absolute Gasteiger partial charge is 0.261 e. The molecule has 1 aliphatic rings. The highest BCUT2D eigenvalue weighted by atomic mass is 16.2. The highest BCUT2D eigenvalue weighted by Crippen LogP contribution is 2.21. The van der Waals surface area contributed by atoms with Gasteiger partial charge < -0.3 is 9.88 Å². The van der Waals surface area contributed by atoms with E-state index in [-0.39, 0.29) is 23.1 Å². The van der Waals surface area contributed by atoms with Crippen LogP contribution >= 0.6 is 0 Å². The van der Waals surface area contributed by atoms with Crippen LogP contribution in [0.5, 0.6) is 0 Å². The first-order valence-electron chi connectivity index (χ1n) is 8.54. The van der Waals surface area contributed by atoms with E-state index in [1.54, 1.807) is 6.07 Å². The number of aromatic amines is 1. The van der Waals surface area contributed by atoms with Crippen molar-refractivity contribution in [2.45, 2.75) is 32.4 Å². The number of aromatic nitrogens is 3. The molecule has 3 aromatic rings. The Morgan fingerprint density at radius 3 is 3.00 bits per heavy atom. The molecular formula is C19H20N4O2. The molecule has 1 fully saturated rings. The minimum absolute atomic E-state index is 0.0673. The van der Waals surface area contributed by atoms with Crippen LogP contribution in [0.25, 0.3) is 10.9 Å². The topological polar surface area (TPSA) is 71.0 Å². The van der Waals surface area contributed by atoms with Crippen LogP contribution in [0.15, 0.2) is 47.5 Å². The van der Waals surface area contributed by atoms with Crippen molar-refractivity contribution in [1.82, 2.24) is 19.7 Å². The zero-order valence-corrected chi connectivity index (χ0v) is 14.1. The summed E-state index contributed by atoms with van der Waals surface area (Å²) in [7, 11) is 0. The van der Waals surface area contributed by atoms with Gasteiger partial charge in [0.1, 0.15) is 5.56 Å². The predicted octanol–water partition coefficient (Wildman–Crippen LogP) is 2.34. The lowest BCUT2D eigenvalue weighted by Crippen LogP contribution is -2.40. The van der Waals surface area contributed by atoms with E-state index in [0.717, 1.165) is 29.3 Å². The van der Waals surface area contributed by atoms with Gasteiger partial charge in [-0.2, -0.15) is 5.10 Å². The summed E-state index contributed by atoms with van der Waals surface area (Å²) in [6.45, 7) is 3.33. The molecule has 0 aliphatic carbocycles. The van der Waals surface area contributed by atoms with Gasteiger partial charge in [-0.25, -0.2) is 0 Å². The molecule has 1 aromatic carbocycles. The van der Waals surface area contributed by atoms with E-state index in [2.05, 4.69) is 10.1 Å². The van der Waals surface area contributed by atoms with Crippen molar-refractivity contribution in [3.05, 3.63) is 64.2 Å². The Labute approximate surface area is 145 Å². The number of carbonyl (C=O) groups is 1. The number of rotatable bonds is 3. The number of nitrogens with one attached hydrogen (secondary N) is 1. The van der Waals surface area contributed by atoms with Crippen LogP contribution in [0.2, 0.25) is 0 Å². The van der Waals surface area contributed by atoms with Gasteiger partial charge in [0.15, 0.2) is 0 Å². The van der Waals surface area contributed by atoms with Gasteiger partial charge in [0.25, 0.3) is 11.5 Å². The van der Waals surface area contributed by atoms with Crippen LogP contribution in [-0.4, -0.2) is 38.2 Å². The number of nitrogens with zero attached hydrogens (tertiary/aromatic N) is 3. The number of hydrogen-bond donors (Lipinski definition) is 1. The zero-order valence-electron chi connectivity index (χ0n) is 14.1. The first-order chi connectivity index (χ1) is 12.1. The summed E-state index contributed by atoms with van der Waals surface area (Å²) in [5.74, 6) is -0.196. The number of benzene rings is 1. The zero-order chi connectivity index (χ0) is 17.4. The molecule has 0 radical (unpaired) electrons. The number of para-hydroxylation sites is 1. The Morgan fingerprint density at radius 1 is 1.36 bits per heavy atom. The third-order valence-corrected chi connectivity index (χ3v) is 4.78. The van der Waals surface area contributed by atoms with Gasteiger partial charge in [-0.1, -0.05) is 18.2 Å². The molecule has 1 unspecified atom stereocenters. The minimum atomic E-state index is -0.329. The Morgan fingerprint density at radius 2 is 2.20 bits per heavy atom. The third kappa shape index (κ3) is 2.95. The van der Waals surface area contributed by atoms with Crippen molar-refractivity contribution < 1.29 is 4.79 Å². The SMILES string of the molecule is Cc1cnn(CC2CCCN2C(=O)c2cc3ccccc3[nH]c2=O)c1. The van der Waals surface area contributed by atoms with E-state index in [1.807, 2.05) is 53.2 Å². The lowest BCUT2D eigenvalue weighted by atomic mass is 10.1. The van der Waals surface area contributed by atoms with Crippen molar-refractivity contribution in [2.75, 3.05) is 6.54 Å². The number of likely N-dealkylation sites (tertiary alicyclic amines) is 1. The maximum Gasteiger partial charge on any atom is 0.261 e. The molecule has 2 aromatic heterocycles. The Bertz CT molecular complexity index is 988. The highest BCUT2D eigenvalue weighted by Gasteiger charge is 2.31. The molecule has 1 atom stereocenters. The molecule has 3 heterocycles. The largest absolute Gasteiger partial charge is 0.334 e. The van der Waals surface area contributed by atoms with Crippen molar-refractivity contribution in [3.63, 3.8) is 0 Å². The van der Waals surface area contributed by atoms with Crippen molar-refractivity contribution in [2.24, 2.45) is 0 Å². The van der Waals surface area contributed by atoms with Gasteiger partial charge in [-0.3, -0.25) is 14.3 Å². The van der Waals surface area contributed by atoms with Crippen LogP contribution in [0.3, 0.4) is 0 Å². The maximum absolute atomic E-state index is 13.0. The molecule has 6 nitrogen and oxygen atoms in total. The van der Waals surface area contributed by atoms with Crippen LogP contribution in [0.1, 0.15) is 28.8 Å². The molecule has 1 N–H and O–H groups in total. The van der Waals surface area contributed by atoms with Gasteiger partial charge in [0, 0.05) is 18.3 Å². The number of aryl methyl sites for hydroxylation is 1. The molecule has 0 bridgehead atoms. The van der Waals surface area contributed by atoms with Crippen LogP contribution < -0.4 is 5.56 Å². The highest BCUT2D eigenvalue weighted by molar-refractivity contribution is 5.97. The summed E-state index contributed by atoms with van der Waals surface area (Å²) in [6, 6.07) is 9.26. The second kappa shape index (κ2) is 6.20.